The molecule has 0 aromatic carbocycles. The lowest BCUT2D eigenvalue weighted by molar-refractivity contribution is 0.0798. The third-order valence-corrected chi connectivity index (χ3v) is 5.89. The highest BCUT2D eigenvalue weighted by Crippen LogP contribution is 2.35. The number of hydrogen-bond acceptors (Lipinski definition) is 3. The standard InChI is InChI=1S/C17H30N2S/c1-18-16(9-8-15-10-13-20-14-15)17(19(2)3)11-6-4-5-7-12-17/h10,13-14,16,18H,4-9,11-12H2,1-3H3. The average molecular weight is 295 g/mol. The van der Waals surface area contributed by atoms with Gasteiger partial charge >= 0.3 is 0 Å². The second-order valence-corrected chi connectivity index (χ2v) is 7.20. The van der Waals surface area contributed by atoms with Gasteiger partial charge in [0.25, 0.3) is 0 Å². The highest BCUT2D eigenvalue weighted by atomic mass is 32.1. The van der Waals surface area contributed by atoms with E-state index in [9.17, 15) is 0 Å². The Morgan fingerprint density at radius 2 is 1.95 bits per heavy atom. The van der Waals surface area contributed by atoms with Crippen LogP contribution in [0.15, 0.2) is 16.8 Å². The molecule has 1 aliphatic carbocycles. The van der Waals surface area contributed by atoms with Crippen molar-refractivity contribution >= 4 is 11.3 Å². The first-order chi connectivity index (χ1) is 9.69. The van der Waals surface area contributed by atoms with Crippen LogP contribution in [0, 0.1) is 0 Å². The molecule has 3 heteroatoms. The maximum absolute atomic E-state index is 3.65. The van der Waals surface area contributed by atoms with Crippen LogP contribution in [0.25, 0.3) is 0 Å². The Hall–Kier alpha value is -0.380. The minimum atomic E-state index is 0.348. The van der Waals surface area contributed by atoms with Crippen molar-refractivity contribution in [2.24, 2.45) is 0 Å². The molecule has 1 unspecified atom stereocenters. The van der Waals surface area contributed by atoms with E-state index in [0.717, 1.165) is 0 Å². The fraction of sp³-hybridized carbons (Fsp3) is 0.765. The lowest BCUT2D eigenvalue weighted by Gasteiger charge is -2.46. The number of hydrogen-bond donors (Lipinski definition) is 1. The Kier molecular flexibility index (Phi) is 6.06. The lowest BCUT2D eigenvalue weighted by atomic mass is 9.79. The molecule has 1 heterocycles. The van der Waals surface area contributed by atoms with E-state index in [1.807, 2.05) is 11.3 Å². The van der Waals surface area contributed by atoms with E-state index >= 15 is 0 Å². The lowest BCUT2D eigenvalue weighted by Crippen LogP contribution is -2.58. The topological polar surface area (TPSA) is 15.3 Å². The molecule has 0 amide bonds. The second-order valence-electron chi connectivity index (χ2n) is 6.42. The molecule has 1 atom stereocenters. The first kappa shape index (κ1) is 16.0. The Morgan fingerprint density at radius 3 is 2.45 bits per heavy atom. The van der Waals surface area contributed by atoms with Crippen molar-refractivity contribution in [3.63, 3.8) is 0 Å². The number of nitrogens with one attached hydrogen (secondary N) is 1. The normalized spacial score (nSPS) is 20.8. The van der Waals surface area contributed by atoms with Crippen molar-refractivity contribution in [2.75, 3.05) is 21.1 Å². The molecule has 0 aliphatic heterocycles. The highest BCUT2D eigenvalue weighted by Gasteiger charge is 2.39. The minimum absolute atomic E-state index is 0.348. The van der Waals surface area contributed by atoms with E-state index in [1.54, 1.807) is 0 Å². The minimum Gasteiger partial charge on any atom is -0.315 e. The molecule has 114 valence electrons. The summed E-state index contributed by atoms with van der Waals surface area (Å²) in [6.07, 6.45) is 10.7. The Balaban J connectivity index is 2.07. The van der Waals surface area contributed by atoms with Crippen LogP contribution in [0.2, 0.25) is 0 Å². The van der Waals surface area contributed by atoms with Crippen molar-refractivity contribution < 1.29 is 0 Å². The molecule has 1 fully saturated rings. The summed E-state index contributed by atoms with van der Waals surface area (Å²) in [5.74, 6) is 0. The summed E-state index contributed by atoms with van der Waals surface area (Å²) in [6, 6.07) is 2.86. The van der Waals surface area contributed by atoms with Gasteiger partial charge in [0.2, 0.25) is 0 Å². The van der Waals surface area contributed by atoms with E-state index < -0.39 is 0 Å². The number of likely N-dealkylation sites (N-methyl/N-ethyl adjacent to an activating group) is 2. The van der Waals surface area contributed by atoms with Gasteiger partial charge in [0.15, 0.2) is 0 Å². The third-order valence-electron chi connectivity index (χ3n) is 5.16. The van der Waals surface area contributed by atoms with Gasteiger partial charge in [-0.05, 0) is 69.2 Å². The fourth-order valence-electron chi connectivity index (χ4n) is 3.88. The number of rotatable bonds is 6. The van der Waals surface area contributed by atoms with Crippen LogP contribution in [0.5, 0.6) is 0 Å². The first-order valence-corrected chi connectivity index (χ1v) is 8.99. The quantitative estimate of drug-likeness (QED) is 0.800. The van der Waals surface area contributed by atoms with E-state index in [2.05, 4.69) is 48.2 Å². The monoisotopic (exact) mass is 294 g/mol. The summed E-state index contributed by atoms with van der Waals surface area (Å²) in [6.45, 7) is 0. The van der Waals surface area contributed by atoms with E-state index in [4.69, 9.17) is 0 Å². The van der Waals surface area contributed by atoms with Crippen molar-refractivity contribution in [3.8, 4) is 0 Å². The van der Waals surface area contributed by atoms with Crippen LogP contribution in [0.4, 0.5) is 0 Å². The van der Waals surface area contributed by atoms with Crippen LogP contribution < -0.4 is 5.32 Å². The molecule has 1 aromatic rings. The predicted molar refractivity (Wildman–Crippen MR) is 89.6 cm³/mol. The van der Waals surface area contributed by atoms with Gasteiger partial charge in [-0.15, -0.1) is 0 Å². The zero-order valence-electron chi connectivity index (χ0n) is 13.3. The molecule has 0 bridgehead atoms. The Morgan fingerprint density at radius 1 is 1.25 bits per heavy atom. The van der Waals surface area contributed by atoms with Gasteiger partial charge < -0.3 is 10.2 Å². The zero-order chi connectivity index (χ0) is 14.4. The summed E-state index contributed by atoms with van der Waals surface area (Å²) in [4.78, 5) is 2.51. The molecule has 0 spiro atoms. The molecule has 1 saturated carbocycles. The van der Waals surface area contributed by atoms with Gasteiger partial charge in [0.1, 0.15) is 0 Å². The molecule has 1 N–H and O–H groups in total. The van der Waals surface area contributed by atoms with Crippen LogP contribution in [0.3, 0.4) is 0 Å². The molecular weight excluding hydrogens is 264 g/mol. The van der Waals surface area contributed by atoms with E-state index in [1.165, 1.54) is 56.9 Å². The number of thiophene rings is 1. The maximum atomic E-state index is 3.65. The van der Waals surface area contributed by atoms with Crippen LogP contribution in [0.1, 0.15) is 50.5 Å². The molecule has 0 radical (unpaired) electrons. The van der Waals surface area contributed by atoms with Gasteiger partial charge in [-0.2, -0.15) is 11.3 Å². The van der Waals surface area contributed by atoms with Crippen molar-refractivity contribution in [3.05, 3.63) is 22.4 Å². The molecule has 20 heavy (non-hydrogen) atoms. The third kappa shape index (κ3) is 3.63. The van der Waals surface area contributed by atoms with Crippen LogP contribution in [-0.2, 0) is 6.42 Å². The zero-order valence-corrected chi connectivity index (χ0v) is 14.1. The fourth-order valence-corrected chi connectivity index (χ4v) is 4.58. The van der Waals surface area contributed by atoms with Crippen molar-refractivity contribution in [1.29, 1.82) is 0 Å². The second kappa shape index (κ2) is 7.58. The van der Waals surface area contributed by atoms with Crippen LogP contribution in [-0.4, -0.2) is 37.6 Å². The van der Waals surface area contributed by atoms with E-state index in [0.29, 0.717) is 11.6 Å². The SMILES string of the molecule is CNC(CCc1ccsc1)C1(N(C)C)CCCCCC1. The smallest absolute Gasteiger partial charge is 0.0356 e. The average Bonchev–Trinajstić information content (AvgIpc) is 2.83. The largest absolute Gasteiger partial charge is 0.315 e. The first-order valence-electron chi connectivity index (χ1n) is 8.05. The van der Waals surface area contributed by atoms with Gasteiger partial charge in [-0.3, -0.25) is 0 Å². The number of aryl methyl sites for hydroxylation is 1. The molecule has 1 aromatic heterocycles. The van der Waals surface area contributed by atoms with Crippen LogP contribution >= 0.6 is 11.3 Å². The molecular formula is C17H30N2S. The number of nitrogens with zero attached hydrogens (tertiary/aromatic N) is 1. The maximum Gasteiger partial charge on any atom is 0.0356 e. The van der Waals surface area contributed by atoms with Gasteiger partial charge in [-0.25, -0.2) is 0 Å². The van der Waals surface area contributed by atoms with Crippen molar-refractivity contribution in [1.82, 2.24) is 10.2 Å². The van der Waals surface area contributed by atoms with Gasteiger partial charge in [0.05, 0.1) is 0 Å². The van der Waals surface area contributed by atoms with Crippen molar-refractivity contribution in [2.45, 2.75) is 62.9 Å². The van der Waals surface area contributed by atoms with Gasteiger partial charge in [0, 0.05) is 11.6 Å². The highest BCUT2D eigenvalue weighted by molar-refractivity contribution is 7.07. The molecule has 0 saturated heterocycles. The summed E-state index contributed by atoms with van der Waals surface area (Å²) >= 11 is 1.81. The van der Waals surface area contributed by atoms with Gasteiger partial charge in [-0.1, -0.05) is 25.7 Å². The Bertz CT molecular complexity index is 364. The molecule has 2 nitrogen and oxygen atoms in total. The summed E-state index contributed by atoms with van der Waals surface area (Å²) < 4.78 is 0. The molecule has 2 rings (SSSR count). The molecule has 1 aliphatic rings. The summed E-state index contributed by atoms with van der Waals surface area (Å²) in [7, 11) is 6.70. The van der Waals surface area contributed by atoms with E-state index in [-0.39, 0.29) is 0 Å². The Labute approximate surface area is 128 Å². The predicted octanol–water partition coefficient (Wildman–Crippen LogP) is 3.92. The summed E-state index contributed by atoms with van der Waals surface area (Å²) in [5, 5.41) is 8.13. The summed E-state index contributed by atoms with van der Waals surface area (Å²) in [5.41, 5.74) is 1.85.